The highest BCUT2D eigenvalue weighted by Crippen LogP contribution is 2.27. The molecule has 0 saturated carbocycles. The molecule has 19 heavy (non-hydrogen) atoms. The number of halogens is 1. The van der Waals surface area contributed by atoms with E-state index in [-0.39, 0.29) is 11.7 Å². The number of carbonyl (C=O) groups excluding carboxylic acids is 1. The van der Waals surface area contributed by atoms with E-state index in [1.165, 1.54) is 0 Å². The van der Waals surface area contributed by atoms with Crippen LogP contribution in [0.25, 0.3) is 0 Å². The highest BCUT2D eigenvalue weighted by atomic mass is 35.5. The van der Waals surface area contributed by atoms with Crippen molar-refractivity contribution in [2.75, 3.05) is 0 Å². The average molecular weight is 273 g/mol. The van der Waals surface area contributed by atoms with Gasteiger partial charge in [-0.1, -0.05) is 61.0 Å². The first-order chi connectivity index (χ1) is 9.20. The Bertz CT molecular complexity index is 548. The lowest BCUT2D eigenvalue weighted by Gasteiger charge is -2.15. The normalized spacial score (nSPS) is 12.1. The van der Waals surface area contributed by atoms with E-state index < -0.39 is 0 Å². The first-order valence-corrected chi connectivity index (χ1v) is 6.92. The fraction of sp³-hybridized carbons (Fsp3) is 0.235. The van der Waals surface area contributed by atoms with Crippen molar-refractivity contribution in [1.82, 2.24) is 0 Å². The van der Waals surface area contributed by atoms with E-state index in [0.717, 1.165) is 22.6 Å². The van der Waals surface area contributed by atoms with Crippen molar-refractivity contribution >= 4 is 17.4 Å². The van der Waals surface area contributed by atoms with Crippen molar-refractivity contribution < 1.29 is 4.79 Å². The number of hydrogen-bond acceptors (Lipinski definition) is 1. The Morgan fingerprint density at radius 1 is 1.11 bits per heavy atom. The van der Waals surface area contributed by atoms with Gasteiger partial charge in [0.25, 0.3) is 0 Å². The highest BCUT2D eigenvalue weighted by molar-refractivity contribution is 6.30. The van der Waals surface area contributed by atoms with Gasteiger partial charge in [0, 0.05) is 17.0 Å². The van der Waals surface area contributed by atoms with Crippen LogP contribution in [-0.4, -0.2) is 5.78 Å². The Hall–Kier alpha value is -1.60. The summed E-state index contributed by atoms with van der Waals surface area (Å²) >= 11 is 6.01. The van der Waals surface area contributed by atoms with Gasteiger partial charge in [-0.25, -0.2) is 0 Å². The molecule has 0 bridgehead atoms. The van der Waals surface area contributed by atoms with Crippen LogP contribution < -0.4 is 0 Å². The van der Waals surface area contributed by atoms with E-state index in [1.54, 1.807) is 0 Å². The molecule has 1 nitrogen and oxygen atoms in total. The molecular formula is C17H17ClO. The highest BCUT2D eigenvalue weighted by Gasteiger charge is 2.15. The molecule has 0 saturated heterocycles. The van der Waals surface area contributed by atoms with Gasteiger partial charge in [0.15, 0.2) is 5.78 Å². The number of ketones is 1. The molecule has 0 aliphatic carbocycles. The maximum absolute atomic E-state index is 12.2. The minimum atomic E-state index is 0.187. The first kappa shape index (κ1) is 13.8. The lowest BCUT2D eigenvalue weighted by molar-refractivity contribution is 0.0973. The minimum Gasteiger partial charge on any atom is -0.294 e. The Morgan fingerprint density at radius 2 is 1.84 bits per heavy atom. The predicted molar refractivity (Wildman–Crippen MR) is 79.9 cm³/mol. The fourth-order valence-corrected chi connectivity index (χ4v) is 2.42. The fourth-order valence-electron chi connectivity index (χ4n) is 2.22. The quantitative estimate of drug-likeness (QED) is 0.692. The summed E-state index contributed by atoms with van der Waals surface area (Å²) in [4.78, 5) is 12.2. The van der Waals surface area contributed by atoms with Gasteiger partial charge in [0.05, 0.1) is 0 Å². The zero-order valence-electron chi connectivity index (χ0n) is 11.0. The van der Waals surface area contributed by atoms with Crippen molar-refractivity contribution in [3.05, 3.63) is 70.7 Å². The van der Waals surface area contributed by atoms with Crippen LogP contribution in [0.5, 0.6) is 0 Å². The second kappa shape index (κ2) is 6.53. The van der Waals surface area contributed by atoms with E-state index in [4.69, 9.17) is 11.6 Å². The summed E-state index contributed by atoms with van der Waals surface area (Å²) in [5, 5.41) is 0.725. The molecule has 98 valence electrons. The van der Waals surface area contributed by atoms with Crippen molar-refractivity contribution in [3.8, 4) is 0 Å². The third-order valence-electron chi connectivity index (χ3n) is 3.34. The van der Waals surface area contributed by atoms with Gasteiger partial charge in [-0.2, -0.15) is 0 Å². The molecule has 2 aromatic rings. The standard InChI is InChI=1S/C17H17ClO/c1-2-13(15-9-6-10-16(18)11-15)12-17(19)14-7-4-3-5-8-14/h3-11,13H,2,12H2,1H3. The summed E-state index contributed by atoms with van der Waals surface area (Å²) in [5.74, 6) is 0.416. The first-order valence-electron chi connectivity index (χ1n) is 6.54. The van der Waals surface area contributed by atoms with Gasteiger partial charge < -0.3 is 0 Å². The summed E-state index contributed by atoms with van der Waals surface area (Å²) in [6.45, 7) is 2.10. The van der Waals surface area contributed by atoms with Crippen LogP contribution in [0.15, 0.2) is 54.6 Å². The van der Waals surface area contributed by atoms with Crippen molar-refractivity contribution in [1.29, 1.82) is 0 Å². The number of benzene rings is 2. The molecule has 0 aromatic heterocycles. The third kappa shape index (κ3) is 3.68. The maximum Gasteiger partial charge on any atom is 0.163 e. The van der Waals surface area contributed by atoms with E-state index in [2.05, 4.69) is 6.92 Å². The van der Waals surface area contributed by atoms with E-state index >= 15 is 0 Å². The summed E-state index contributed by atoms with van der Waals surface area (Å²) in [6.07, 6.45) is 1.46. The third-order valence-corrected chi connectivity index (χ3v) is 3.58. The Kier molecular flexibility index (Phi) is 4.75. The Labute approximate surface area is 119 Å². The molecule has 2 aromatic carbocycles. The molecule has 2 heteroatoms. The van der Waals surface area contributed by atoms with Crippen LogP contribution in [0, 0.1) is 0 Å². The van der Waals surface area contributed by atoms with Gasteiger partial charge in [-0.15, -0.1) is 0 Å². The molecule has 2 rings (SSSR count). The van der Waals surface area contributed by atoms with Crippen molar-refractivity contribution in [2.24, 2.45) is 0 Å². The van der Waals surface area contributed by atoms with E-state index in [1.807, 2.05) is 54.6 Å². The number of Topliss-reactive ketones (excluding diaryl/α,β-unsaturated/α-hetero) is 1. The summed E-state index contributed by atoms with van der Waals surface area (Å²) in [7, 11) is 0. The second-order valence-corrected chi connectivity index (χ2v) is 5.09. The SMILES string of the molecule is CCC(CC(=O)c1ccccc1)c1cccc(Cl)c1. The molecule has 1 unspecified atom stereocenters. The van der Waals surface area contributed by atoms with Gasteiger partial charge in [0.2, 0.25) is 0 Å². The molecule has 0 radical (unpaired) electrons. The number of carbonyl (C=O) groups is 1. The second-order valence-electron chi connectivity index (χ2n) is 4.65. The molecular weight excluding hydrogens is 256 g/mol. The molecule has 0 N–H and O–H groups in total. The topological polar surface area (TPSA) is 17.1 Å². The summed E-state index contributed by atoms with van der Waals surface area (Å²) < 4.78 is 0. The van der Waals surface area contributed by atoms with Crippen molar-refractivity contribution in [3.63, 3.8) is 0 Å². The summed E-state index contributed by atoms with van der Waals surface area (Å²) in [6, 6.07) is 17.2. The minimum absolute atomic E-state index is 0.187. The smallest absolute Gasteiger partial charge is 0.163 e. The predicted octanol–water partition coefficient (Wildman–Crippen LogP) is 5.11. The Morgan fingerprint density at radius 3 is 2.47 bits per heavy atom. The molecule has 0 aliphatic heterocycles. The van der Waals surface area contributed by atoms with E-state index in [9.17, 15) is 4.79 Å². The monoisotopic (exact) mass is 272 g/mol. The average Bonchev–Trinajstić information content (AvgIpc) is 2.45. The van der Waals surface area contributed by atoms with Gasteiger partial charge in [-0.05, 0) is 30.0 Å². The van der Waals surface area contributed by atoms with E-state index in [0.29, 0.717) is 6.42 Å². The van der Waals surface area contributed by atoms with Crippen LogP contribution in [-0.2, 0) is 0 Å². The maximum atomic E-state index is 12.2. The zero-order valence-corrected chi connectivity index (χ0v) is 11.7. The largest absolute Gasteiger partial charge is 0.294 e. The van der Waals surface area contributed by atoms with Gasteiger partial charge in [-0.3, -0.25) is 4.79 Å². The molecule has 1 atom stereocenters. The molecule has 0 amide bonds. The van der Waals surface area contributed by atoms with Gasteiger partial charge >= 0.3 is 0 Å². The van der Waals surface area contributed by atoms with Gasteiger partial charge in [0.1, 0.15) is 0 Å². The summed E-state index contributed by atoms with van der Waals surface area (Å²) in [5.41, 5.74) is 1.92. The van der Waals surface area contributed by atoms with Crippen LogP contribution in [0.2, 0.25) is 5.02 Å². The van der Waals surface area contributed by atoms with Crippen molar-refractivity contribution in [2.45, 2.75) is 25.7 Å². The van der Waals surface area contributed by atoms with Crippen LogP contribution in [0.1, 0.15) is 41.6 Å². The van der Waals surface area contributed by atoms with Crippen LogP contribution >= 0.6 is 11.6 Å². The van der Waals surface area contributed by atoms with Crippen LogP contribution in [0.3, 0.4) is 0 Å². The lowest BCUT2D eigenvalue weighted by Crippen LogP contribution is -2.07. The van der Waals surface area contributed by atoms with Crippen LogP contribution in [0.4, 0.5) is 0 Å². The molecule has 0 fully saturated rings. The number of hydrogen-bond donors (Lipinski definition) is 0. The molecule has 0 aliphatic rings. The lowest BCUT2D eigenvalue weighted by atomic mass is 9.89. The number of rotatable bonds is 5. The zero-order chi connectivity index (χ0) is 13.7. The molecule has 0 spiro atoms. The Balaban J connectivity index is 2.14. The molecule has 0 heterocycles.